The minimum Gasteiger partial charge on any atom is -0.495 e. The van der Waals surface area contributed by atoms with E-state index in [1.54, 1.807) is 37.6 Å². The van der Waals surface area contributed by atoms with Crippen LogP contribution < -0.4 is 10.5 Å². The van der Waals surface area contributed by atoms with Crippen LogP contribution in [0.5, 0.6) is 5.75 Å². The first-order valence-corrected chi connectivity index (χ1v) is 6.13. The Morgan fingerprint density at radius 1 is 1.33 bits per heavy atom. The van der Waals surface area contributed by atoms with Gasteiger partial charge in [-0.1, -0.05) is 12.1 Å². The van der Waals surface area contributed by atoms with E-state index in [1.807, 2.05) is 0 Å². The summed E-state index contributed by atoms with van der Waals surface area (Å²) in [5.74, 6) is 0.235. The van der Waals surface area contributed by atoms with Gasteiger partial charge in [-0.3, -0.25) is 4.98 Å². The highest BCUT2D eigenvalue weighted by Crippen LogP contribution is 2.31. The number of nitrogens with two attached hydrogens (primary N) is 1. The van der Waals surface area contributed by atoms with Crippen LogP contribution >= 0.6 is 15.9 Å². The van der Waals surface area contributed by atoms with Crippen LogP contribution in [0.15, 0.2) is 41.0 Å². The van der Waals surface area contributed by atoms with E-state index in [0.29, 0.717) is 21.5 Å². The zero-order valence-corrected chi connectivity index (χ0v) is 11.3. The standard InChI is InChI=1S/C13H12BrFN2O/c1-18-10-6-3-7-17-13(10)12(16)8-4-2-5-9(15)11(8)14/h2-7,12H,16H2,1H3. The van der Waals surface area contributed by atoms with E-state index in [2.05, 4.69) is 20.9 Å². The molecule has 2 aromatic rings. The number of hydrogen-bond acceptors (Lipinski definition) is 3. The lowest BCUT2D eigenvalue weighted by molar-refractivity contribution is 0.404. The summed E-state index contributed by atoms with van der Waals surface area (Å²) >= 11 is 3.20. The van der Waals surface area contributed by atoms with Gasteiger partial charge in [0.2, 0.25) is 0 Å². The van der Waals surface area contributed by atoms with Crippen LogP contribution in [0, 0.1) is 5.82 Å². The van der Waals surface area contributed by atoms with Crippen LogP contribution in [0.2, 0.25) is 0 Å². The molecular weight excluding hydrogens is 299 g/mol. The van der Waals surface area contributed by atoms with Gasteiger partial charge >= 0.3 is 0 Å². The molecule has 0 aliphatic rings. The third-order valence-electron chi connectivity index (χ3n) is 2.63. The molecule has 1 heterocycles. The van der Waals surface area contributed by atoms with Crippen molar-refractivity contribution >= 4 is 15.9 Å². The molecule has 0 amide bonds. The molecule has 1 aromatic heterocycles. The maximum absolute atomic E-state index is 13.5. The molecule has 2 rings (SSSR count). The van der Waals surface area contributed by atoms with Gasteiger partial charge in [0.25, 0.3) is 0 Å². The Kier molecular flexibility index (Phi) is 3.93. The van der Waals surface area contributed by atoms with Crippen LogP contribution in [0.1, 0.15) is 17.3 Å². The van der Waals surface area contributed by atoms with Gasteiger partial charge in [0.15, 0.2) is 0 Å². The SMILES string of the molecule is COc1cccnc1C(N)c1cccc(F)c1Br. The Hall–Kier alpha value is -1.46. The van der Waals surface area contributed by atoms with Gasteiger partial charge in [0, 0.05) is 6.20 Å². The van der Waals surface area contributed by atoms with Crippen molar-refractivity contribution < 1.29 is 9.13 Å². The smallest absolute Gasteiger partial charge is 0.142 e. The first-order valence-electron chi connectivity index (χ1n) is 5.33. The van der Waals surface area contributed by atoms with Crippen molar-refractivity contribution in [3.8, 4) is 5.75 Å². The average Bonchev–Trinajstić information content (AvgIpc) is 2.41. The molecular formula is C13H12BrFN2O. The minimum atomic E-state index is -0.550. The Balaban J connectivity index is 2.48. The molecule has 0 aliphatic carbocycles. The number of rotatable bonds is 3. The fourth-order valence-electron chi connectivity index (χ4n) is 1.72. The van der Waals surface area contributed by atoms with Crippen LogP contribution in [-0.2, 0) is 0 Å². The van der Waals surface area contributed by atoms with Crippen LogP contribution in [0.3, 0.4) is 0 Å². The summed E-state index contributed by atoms with van der Waals surface area (Å²) in [4.78, 5) is 4.20. The number of ether oxygens (including phenoxy) is 1. The fourth-order valence-corrected chi connectivity index (χ4v) is 2.23. The predicted molar refractivity (Wildman–Crippen MR) is 70.9 cm³/mol. The summed E-state index contributed by atoms with van der Waals surface area (Å²) in [7, 11) is 1.55. The number of aromatic nitrogens is 1. The summed E-state index contributed by atoms with van der Waals surface area (Å²) in [5, 5.41) is 0. The summed E-state index contributed by atoms with van der Waals surface area (Å²) in [5.41, 5.74) is 7.33. The lowest BCUT2D eigenvalue weighted by Crippen LogP contribution is -2.15. The summed E-state index contributed by atoms with van der Waals surface area (Å²) < 4.78 is 19.0. The van der Waals surface area contributed by atoms with Gasteiger partial charge in [0.1, 0.15) is 17.3 Å². The molecule has 5 heteroatoms. The normalized spacial score (nSPS) is 12.2. The highest BCUT2D eigenvalue weighted by molar-refractivity contribution is 9.10. The highest BCUT2D eigenvalue weighted by Gasteiger charge is 2.19. The lowest BCUT2D eigenvalue weighted by atomic mass is 10.0. The maximum atomic E-state index is 13.5. The molecule has 0 fully saturated rings. The number of halogens is 2. The van der Waals surface area contributed by atoms with Crippen LogP contribution in [0.25, 0.3) is 0 Å². The molecule has 18 heavy (non-hydrogen) atoms. The van der Waals surface area contributed by atoms with Crippen molar-refractivity contribution in [3.05, 3.63) is 58.1 Å². The van der Waals surface area contributed by atoms with Gasteiger partial charge in [0.05, 0.1) is 17.6 Å². The van der Waals surface area contributed by atoms with Gasteiger partial charge in [-0.2, -0.15) is 0 Å². The van der Waals surface area contributed by atoms with E-state index in [1.165, 1.54) is 6.07 Å². The second kappa shape index (κ2) is 5.46. The average molecular weight is 311 g/mol. The molecule has 0 radical (unpaired) electrons. The van der Waals surface area contributed by atoms with E-state index in [4.69, 9.17) is 10.5 Å². The first-order chi connectivity index (χ1) is 8.65. The zero-order valence-electron chi connectivity index (χ0n) is 9.73. The molecule has 0 saturated carbocycles. The lowest BCUT2D eigenvalue weighted by Gasteiger charge is -2.16. The second-order valence-corrected chi connectivity index (χ2v) is 4.50. The van der Waals surface area contributed by atoms with E-state index < -0.39 is 6.04 Å². The first kappa shape index (κ1) is 13.0. The largest absolute Gasteiger partial charge is 0.495 e. The van der Waals surface area contributed by atoms with Crippen molar-refractivity contribution in [1.82, 2.24) is 4.98 Å². The van der Waals surface area contributed by atoms with Gasteiger partial charge in [-0.25, -0.2) is 4.39 Å². The molecule has 0 aliphatic heterocycles. The molecule has 0 saturated heterocycles. The maximum Gasteiger partial charge on any atom is 0.142 e. The van der Waals surface area contributed by atoms with Crippen LogP contribution in [0.4, 0.5) is 4.39 Å². The number of nitrogens with zero attached hydrogens (tertiary/aromatic N) is 1. The number of hydrogen-bond donors (Lipinski definition) is 1. The molecule has 0 spiro atoms. The van der Waals surface area contributed by atoms with Crippen molar-refractivity contribution in [3.63, 3.8) is 0 Å². The quantitative estimate of drug-likeness (QED) is 0.948. The number of pyridine rings is 1. The van der Waals surface area contributed by atoms with E-state index in [9.17, 15) is 4.39 Å². The predicted octanol–water partition coefficient (Wildman–Crippen LogP) is 3.04. The van der Waals surface area contributed by atoms with Crippen molar-refractivity contribution in [2.24, 2.45) is 5.73 Å². The molecule has 94 valence electrons. The van der Waals surface area contributed by atoms with Crippen LogP contribution in [-0.4, -0.2) is 12.1 Å². The summed E-state index contributed by atoms with van der Waals surface area (Å²) in [6, 6.07) is 7.73. The Bertz CT molecular complexity index is 562. The minimum absolute atomic E-state index is 0.349. The monoisotopic (exact) mass is 310 g/mol. The van der Waals surface area contributed by atoms with Gasteiger partial charge < -0.3 is 10.5 Å². The number of methoxy groups -OCH3 is 1. The Morgan fingerprint density at radius 2 is 2.11 bits per heavy atom. The summed E-state index contributed by atoms with van der Waals surface area (Å²) in [6.07, 6.45) is 1.63. The Morgan fingerprint density at radius 3 is 2.83 bits per heavy atom. The zero-order chi connectivity index (χ0) is 13.1. The van der Waals surface area contributed by atoms with E-state index in [0.717, 1.165) is 0 Å². The molecule has 0 bridgehead atoms. The third-order valence-corrected chi connectivity index (χ3v) is 3.47. The van der Waals surface area contributed by atoms with Crippen molar-refractivity contribution in [2.45, 2.75) is 6.04 Å². The fraction of sp³-hybridized carbons (Fsp3) is 0.154. The van der Waals surface area contributed by atoms with E-state index in [-0.39, 0.29) is 5.82 Å². The summed E-state index contributed by atoms with van der Waals surface area (Å²) in [6.45, 7) is 0. The van der Waals surface area contributed by atoms with E-state index >= 15 is 0 Å². The van der Waals surface area contributed by atoms with Crippen molar-refractivity contribution in [1.29, 1.82) is 0 Å². The van der Waals surface area contributed by atoms with Gasteiger partial charge in [-0.05, 0) is 39.7 Å². The van der Waals surface area contributed by atoms with Gasteiger partial charge in [-0.15, -0.1) is 0 Å². The molecule has 3 nitrogen and oxygen atoms in total. The molecule has 2 N–H and O–H groups in total. The van der Waals surface area contributed by atoms with Crippen molar-refractivity contribution in [2.75, 3.05) is 7.11 Å². The third kappa shape index (κ3) is 2.37. The topological polar surface area (TPSA) is 48.1 Å². The molecule has 1 unspecified atom stereocenters. The Labute approximate surface area is 113 Å². The second-order valence-electron chi connectivity index (χ2n) is 3.71. The molecule has 1 atom stereocenters. The highest BCUT2D eigenvalue weighted by atomic mass is 79.9. The number of benzene rings is 1. The molecule has 1 aromatic carbocycles.